The van der Waals surface area contributed by atoms with Crippen molar-refractivity contribution in [2.24, 2.45) is 0 Å². The highest BCUT2D eigenvalue weighted by Crippen LogP contribution is 2.19. The molecule has 2 aromatic rings. The van der Waals surface area contributed by atoms with Crippen molar-refractivity contribution in [3.05, 3.63) is 57.3 Å². The molecule has 1 aromatic heterocycles. The van der Waals surface area contributed by atoms with Gasteiger partial charge in [-0.1, -0.05) is 35.0 Å². The molecule has 0 aliphatic heterocycles. The van der Waals surface area contributed by atoms with E-state index in [2.05, 4.69) is 5.16 Å². The topological polar surface area (TPSA) is 63.4 Å². The van der Waals surface area contributed by atoms with Crippen molar-refractivity contribution in [3.63, 3.8) is 0 Å². The van der Waals surface area contributed by atoms with Crippen LogP contribution >= 0.6 is 11.6 Å². The van der Waals surface area contributed by atoms with Crippen molar-refractivity contribution < 1.29 is 12.9 Å². The summed E-state index contributed by atoms with van der Waals surface area (Å²) in [5.41, 5.74) is 2.12. The zero-order valence-electron chi connectivity index (χ0n) is 12.6. The molecule has 22 heavy (non-hydrogen) atoms. The Morgan fingerprint density at radius 2 is 2.00 bits per heavy atom. The smallest absolute Gasteiger partial charge is 0.236 e. The van der Waals surface area contributed by atoms with Gasteiger partial charge in [0.05, 0.1) is 5.69 Å². The van der Waals surface area contributed by atoms with Crippen LogP contribution in [0.15, 0.2) is 34.2 Å². The van der Waals surface area contributed by atoms with Crippen LogP contribution in [0.1, 0.15) is 22.6 Å². The summed E-state index contributed by atoms with van der Waals surface area (Å²) in [6, 6.07) is 7.05. The molecule has 1 heterocycles. The van der Waals surface area contributed by atoms with Crippen LogP contribution in [0, 0.1) is 13.8 Å². The molecule has 0 fully saturated rings. The highest BCUT2D eigenvalue weighted by Gasteiger charge is 2.19. The molecular formula is C15H17ClN2O3S. The van der Waals surface area contributed by atoms with E-state index >= 15 is 0 Å². The molecule has 118 valence electrons. The largest absolute Gasteiger partial charge is 0.361 e. The minimum Gasteiger partial charge on any atom is -0.361 e. The van der Waals surface area contributed by atoms with Crippen LogP contribution in [0.2, 0.25) is 5.02 Å². The highest BCUT2D eigenvalue weighted by molar-refractivity contribution is 7.92. The minimum atomic E-state index is -3.56. The van der Waals surface area contributed by atoms with Gasteiger partial charge in [-0.05, 0) is 31.6 Å². The summed E-state index contributed by atoms with van der Waals surface area (Å²) in [7, 11) is -2.05. The maximum Gasteiger partial charge on any atom is 0.236 e. The molecule has 2 rings (SSSR count). The summed E-state index contributed by atoms with van der Waals surface area (Å²) in [6.45, 7) is 3.75. The first-order valence-electron chi connectivity index (χ1n) is 6.62. The van der Waals surface area contributed by atoms with E-state index in [1.165, 1.54) is 17.4 Å². The van der Waals surface area contributed by atoms with Crippen LogP contribution in [-0.4, -0.2) is 24.9 Å². The number of hydrogen-bond acceptors (Lipinski definition) is 4. The molecule has 0 saturated carbocycles. The van der Waals surface area contributed by atoms with Crippen molar-refractivity contribution in [1.82, 2.24) is 9.46 Å². The van der Waals surface area contributed by atoms with E-state index in [-0.39, 0.29) is 6.54 Å². The van der Waals surface area contributed by atoms with Crippen LogP contribution in [-0.2, 0) is 16.6 Å². The fraction of sp³-hybridized carbons (Fsp3) is 0.267. The third-order valence-corrected chi connectivity index (χ3v) is 5.14. The third kappa shape index (κ3) is 3.76. The second-order valence-electron chi connectivity index (χ2n) is 4.93. The van der Waals surface area contributed by atoms with E-state index in [0.717, 1.165) is 11.0 Å². The number of sulfonamides is 1. The van der Waals surface area contributed by atoms with Crippen molar-refractivity contribution >= 4 is 27.7 Å². The van der Waals surface area contributed by atoms with Crippen LogP contribution in [0.5, 0.6) is 0 Å². The molecule has 1 aromatic carbocycles. The Morgan fingerprint density at radius 1 is 1.32 bits per heavy atom. The average Bonchev–Trinajstić information content (AvgIpc) is 2.78. The van der Waals surface area contributed by atoms with Crippen molar-refractivity contribution in [2.45, 2.75) is 20.4 Å². The molecule has 0 radical (unpaired) electrons. The van der Waals surface area contributed by atoms with Gasteiger partial charge in [0.25, 0.3) is 0 Å². The van der Waals surface area contributed by atoms with Gasteiger partial charge in [0.15, 0.2) is 0 Å². The van der Waals surface area contributed by atoms with Gasteiger partial charge in [-0.15, -0.1) is 0 Å². The second kappa shape index (κ2) is 6.64. The van der Waals surface area contributed by atoms with Gasteiger partial charge in [0.1, 0.15) is 5.76 Å². The first kappa shape index (κ1) is 16.7. The van der Waals surface area contributed by atoms with Gasteiger partial charge in [0, 0.05) is 29.6 Å². The average molecular weight is 341 g/mol. The van der Waals surface area contributed by atoms with E-state index < -0.39 is 10.0 Å². The summed E-state index contributed by atoms with van der Waals surface area (Å²) >= 11 is 6.01. The van der Waals surface area contributed by atoms with Gasteiger partial charge in [0.2, 0.25) is 10.0 Å². The molecule has 0 amide bonds. The quantitative estimate of drug-likeness (QED) is 0.837. The van der Waals surface area contributed by atoms with E-state index in [0.29, 0.717) is 22.0 Å². The van der Waals surface area contributed by atoms with Gasteiger partial charge in [-0.2, -0.15) is 4.31 Å². The molecule has 0 unspecified atom stereocenters. The molecule has 0 saturated heterocycles. The van der Waals surface area contributed by atoms with Gasteiger partial charge in [-0.25, -0.2) is 8.42 Å². The van der Waals surface area contributed by atoms with Crippen LogP contribution < -0.4 is 0 Å². The van der Waals surface area contributed by atoms with Crippen LogP contribution in [0.4, 0.5) is 0 Å². The first-order valence-corrected chi connectivity index (χ1v) is 8.50. The Morgan fingerprint density at radius 3 is 2.59 bits per heavy atom. The lowest BCUT2D eigenvalue weighted by Gasteiger charge is -2.14. The van der Waals surface area contributed by atoms with Gasteiger partial charge in [-0.3, -0.25) is 0 Å². The standard InChI is InChI=1S/C15H17ClN2O3S/c1-11-14(12(2)21-17-11)10-18(3)22(19,20)9-8-13-6-4-5-7-15(13)16/h4-9H,10H2,1-3H3/b9-8-. The summed E-state index contributed by atoms with van der Waals surface area (Å²) in [5.74, 6) is 0.620. The number of hydrogen-bond donors (Lipinski definition) is 0. The van der Waals surface area contributed by atoms with Crippen LogP contribution in [0.25, 0.3) is 6.08 Å². The lowest BCUT2D eigenvalue weighted by atomic mass is 10.2. The number of aromatic nitrogens is 1. The predicted octanol–water partition coefficient (Wildman–Crippen LogP) is 3.38. The minimum absolute atomic E-state index is 0.205. The molecular weight excluding hydrogens is 324 g/mol. The highest BCUT2D eigenvalue weighted by atomic mass is 35.5. The van der Waals surface area contributed by atoms with Crippen LogP contribution in [0.3, 0.4) is 0 Å². The monoisotopic (exact) mass is 340 g/mol. The zero-order chi connectivity index (χ0) is 16.3. The molecule has 7 heteroatoms. The predicted molar refractivity (Wildman–Crippen MR) is 86.8 cm³/mol. The molecule has 0 aliphatic carbocycles. The molecule has 0 aliphatic rings. The third-order valence-electron chi connectivity index (χ3n) is 3.32. The molecule has 0 atom stereocenters. The van der Waals surface area contributed by atoms with E-state index in [1.807, 2.05) is 0 Å². The van der Waals surface area contributed by atoms with Gasteiger partial charge >= 0.3 is 0 Å². The molecule has 0 bridgehead atoms. The number of rotatable bonds is 5. The van der Waals surface area contributed by atoms with E-state index in [1.54, 1.807) is 38.1 Å². The summed E-state index contributed by atoms with van der Waals surface area (Å²) in [5, 5.41) is 5.47. The first-order chi connectivity index (χ1) is 10.3. The Kier molecular flexibility index (Phi) is 5.05. The Balaban J connectivity index is 2.18. The van der Waals surface area contributed by atoms with Crippen molar-refractivity contribution in [2.75, 3.05) is 7.05 Å². The summed E-state index contributed by atoms with van der Waals surface area (Å²) in [4.78, 5) is 0. The maximum absolute atomic E-state index is 12.3. The summed E-state index contributed by atoms with van der Waals surface area (Å²) < 4.78 is 30.9. The Hall–Kier alpha value is -1.63. The number of halogens is 1. The normalized spacial score (nSPS) is 12.4. The zero-order valence-corrected chi connectivity index (χ0v) is 14.1. The fourth-order valence-electron chi connectivity index (χ4n) is 1.91. The summed E-state index contributed by atoms with van der Waals surface area (Å²) in [6.07, 6.45) is 1.49. The molecule has 0 spiro atoms. The SMILES string of the molecule is Cc1noc(C)c1CN(C)S(=O)(=O)/C=C\c1ccccc1Cl. The van der Waals surface area contributed by atoms with E-state index in [4.69, 9.17) is 16.1 Å². The lowest BCUT2D eigenvalue weighted by Crippen LogP contribution is -2.24. The van der Waals surface area contributed by atoms with Crippen molar-refractivity contribution in [3.8, 4) is 0 Å². The fourth-order valence-corrected chi connectivity index (χ4v) is 2.95. The molecule has 5 nitrogen and oxygen atoms in total. The van der Waals surface area contributed by atoms with Gasteiger partial charge < -0.3 is 4.52 Å². The number of benzene rings is 1. The Bertz CT molecular complexity index is 777. The molecule has 0 N–H and O–H groups in total. The second-order valence-corrected chi connectivity index (χ2v) is 7.26. The number of nitrogens with zero attached hydrogens (tertiary/aromatic N) is 2. The number of aryl methyl sites for hydroxylation is 2. The lowest BCUT2D eigenvalue weighted by molar-refractivity contribution is 0.390. The van der Waals surface area contributed by atoms with E-state index in [9.17, 15) is 8.42 Å². The maximum atomic E-state index is 12.3. The Labute approximate surface area is 135 Å². The van der Waals surface area contributed by atoms with Crippen molar-refractivity contribution in [1.29, 1.82) is 0 Å².